The van der Waals surface area contributed by atoms with E-state index in [-0.39, 0.29) is 17.7 Å². The van der Waals surface area contributed by atoms with E-state index in [2.05, 4.69) is 15.3 Å². The minimum absolute atomic E-state index is 0.0752. The molecule has 1 aliphatic rings. The Hall–Kier alpha value is -2.24. The lowest BCUT2D eigenvalue weighted by Gasteiger charge is -2.17. The number of H-pyrrole nitrogens is 1. The maximum atomic E-state index is 12.5. The molecule has 2 N–H and O–H groups in total. The van der Waals surface area contributed by atoms with E-state index in [0.29, 0.717) is 10.0 Å². The zero-order valence-electron chi connectivity index (χ0n) is 11.9. The summed E-state index contributed by atoms with van der Waals surface area (Å²) in [6.45, 7) is 0. The number of imidazole rings is 1. The molecular weight excluding hydrogens is 330 g/mol. The molecule has 6 heteroatoms. The average Bonchev–Trinajstić information content (AvgIpc) is 3.11. The molecule has 3 aromatic rings. The summed E-state index contributed by atoms with van der Waals surface area (Å²) in [4.78, 5) is 20.3. The van der Waals surface area contributed by atoms with Crippen LogP contribution < -0.4 is 5.32 Å². The fraction of sp³-hybridized carbons (Fsp3) is 0.118. The fourth-order valence-corrected chi connectivity index (χ4v) is 3.58. The first-order chi connectivity index (χ1) is 11.1. The van der Waals surface area contributed by atoms with Crippen molar-refractivity contribution < 1.29 is 4.79 Å². The topological polar surface area (TPSA) is 57.8 Å². The number of rotatable bonds is 2. The fourth-order valence-electron chi connectivity index (χ4n) is 3.08. The van der Waals surface area contributed by atoms with E-state index in [1.807, 2.05) is 42.5 Å². The largest absolute Gasteiger partial charge is 0.345 e. The Morgan fingerprint density at radius 2 is 1.78 bits per heavy atom. The number of amides is 1. The molecule has 0 aliphatic carbocycles. The third-order valence-electron chi connectivity index (χ3n) is 4.18. The summed E-state index contributed by atoms with van der Waals surface area (Å²) in [7, 11) is 0. The standard InChI is InChI=1S/C17H12ClN3OS/c18-11-4-1-9(2-5-11)15-14(16(22)21-17(15)23)10-3-6-12-13(7-10)20-8-19-12/h1-8,14-15H,(H,19,20)(H,21,22,23). The zero-order valence-corrected chi connectivity index (χ0v) is 13.5. The smallest absolute Gasteiger partial charge is 0.233 e. The van der Waals surface area contributed by atoms with Gasteiger partial charge in [-0.2, -0.15) is 0 Å². The second kappa shape index (κ2) is 5.44. The maximum absolute atomic E-state index is 12.5. The molecular formula is C17H12ClN3OS. The number of hydrogen-bond donors (Lipinski definition) is 2. The van der Waals surface area contributed by atoms with Crippen molar-refractivity contribution in [3.8, 4) is 0 Å². The number of carbonyl (C=O) groups excluding carboxylic acids is 1. The van der Waals surface area contributed by atoms with E-state index in [1.54, 1.807) is 6.33 Å². The van der Waals surface area contributed by atoms with Gasteiger partial charge in [-0.25, -0.2) is 4.98 Å². The molecule has 1 aromatic heterocycles. The van der Waals surface area contributed by atoms with Crippen LogP contribution in [0.4, 0.5) is 0 Å². The van der Waals surface area contributed by atoms with Crippen molar-refractivity contribution in [1.82, 2.24) is 15.3 Å². The van der Waals surface area contributed by atoms with Crippen molar-refractivity contribution >= 4 is 45.7 Å². The predicted octanol–water partition coefficient (Wildman–Crippen LogP) is 3.54. The van der Waals surface area contributed by atoms with Crippen LogP contribution in [0, 0.1) is 0 Å². The molecule has 1 fully saturated rings. The summed E-state index contributed by atoms with van der Waals surface area (Å²) in [6, 6.07) is 13.3. The normalized spacial score (nSPS) is 20.9. The molecule has 114 valence electrons. The molecule has 2 heterocycles. The molecule has 0 spiro atoms. The molecule has 2 unspecified atom stereocenters. The highest BCUT2D eigenvalue weighted by Gasteiger charge is 2.40. The highest BCUT2D eigenvalue weighted by Crippen LogP contribution is 2.39. The number of carbonyl (C=O) groups is 1. The Bertz CT molecular complexity index is 919. The van der Waals surface area contributed by atoms with Crippen LogP contribution in [-0.4, -0.2) is 20.9 Å². The molecule has 1 aliphatic heterocycles. The Morgan fingerprint density at radius 3 is 2.57 bits per heavy atom. The first kappa shape index (κ1) is 14.4. The van der Waals surface area contributed by atoms with Gasteiger partial charge in [0.15, 0.2) is 0 Å². The first-order valence-corrected chi connectivity index (χ1v) is 7.95. The van der Waals surface area contributed by atoms with Gasteiger partial charge in [0.1, 0.15) is 0 Å². The molecule has 23 heavy (non-hydrogen) atoms. The average molecular weight is 342 g/mol. The van der Waals surface area contributed by atoms with Crippen molar-refractivity contribution in [3.05, 3.63) is 64.9 Å². The molecule has 4 nitrogen and oxygen atoms in total. The summed E-state index contributed by atoms with van der Waals surface area (Å²) in [5.41, 5.74) is 3.67. The molecule has 4 rings (SSSR count). The second-order valence-electron chi connectivity index (χ2n) is 5.54. The quantitative estimate of drug-likeness (QED) is 0.701. The number of hydrogen-bond acceptors (Lipinski definition) is 3. The van der Waals surface area contributed by atoms with Gasteiger partial charge >= 0.3 is 0 Å². The van der Waals surface area contributed by atoms with Crippen LogP contribution >= 0.6 is 23.8 Å². The van der Waals surface area contributed by atoms with Gasteiger partial charge < -0.3 is 10.3 Å². The van der Waals surface area contributed by atoms with Crippen molar-refractivity contribution in [3.63, 3.8) is 0 Å². The number of aromatic nitrogens is 2. The zero-order chi connectivity index (χ0) is 16.0. The SMILES string of the molecule is O=C1NC(=S)C(c2ccc(Cl)cc2)C1c1ccc2nc[nH]c2c1. The number of fused-ring (bicyclic) bond motifs is 1. The van der Waals surface area contributed by atoms with Gasteiger partial charge in [0.25, 0.3) is 0 Å². The molecule has 0 bridgehead atoms. The van der Waals surface area contributed by atoms with Crippen molar-refractivity contribution in [1.29, 1.82) is 0 Å². The van der Waals surface area contributed by atoms with Gasteiger partial charge in [-0.05, 0) is 35.4 Å². The Balaban J connectivity index is 1.81. The number of thiocarbonyl (C=S) groups is 1. The predicted molar refractivity (Wildman–Crippen MR) is 93.8 cm³/mol. The second-order valence-corrected chi connectivity index (χ2v) is 6.42. The number of nitrogens with one attached hydrogen (secondary N) is 2. The lowest BCUT2D eigenvalue weighted by Crippen LogP contribution is -2.20. The van der Waals surface area contributed by atoms with Gasteiger partial charge in [0.05, 0.1) is 34.2 Å². The molecule has 1 amide bonds. The van der Waals surface area contributed by atoms with E-state index in [4.69, 9.17) is 23.8 Å². The molecule has 0 radical (unpaired) electrons. The van der Waals surface area contributed by atoms with Crippen molar-refractivity contribution in [2.45, 2.75) is 11.8 Å². The van der Waals surface area contributed by atoms with E-state index in [0.717, 1.165) is 22.2 Å². The minimum Gasteiger partial charge on any atom is -0.345 e. The highest BCUT2D eigenvalue weighted by molar-refractivity contribution is 7.80. The number of halogens is 1. The summed E-state index contributed by atoms with van der Waals surface area (Å²) >= 11 is 11.4. The van der Waals surface area contributed by atoms with Crippen LogP contribution in [0.25, 0.3) is 11.0 Å². The van der Waals surface area contributed by atoms with Gasteiger partial charge in [-0.15, -0.1) is 0 Å². The Kier molecular flexibility index (Phi) is 3.39. The number of benzene rings is 2. The van der Waals surface area contributed by atoms with Crippen molar-refractivity contribution in [2.75, 3.05) is 0 Å². The first-order valence-electron chi connectivity index (χ1n) is 7.17. The maximum Gasteiger partial charge on any atom is 0.233 e. The monoisotopic (exact) mass is 341 g/mol. The van der Waals surface area contributed by atoms with E-state index >= 15 is 0 Å². The summed E-state index contributed by atoms with van der Waals surface area (Å²) in [5, 5.41) is 3.46. The Morgan fingerprint density at radius 1 is 1.04 bits per heavy atom. The summed E-state index contributed by atoms with van der Waals surface area (Å²) < 4.78 is 0. The van der Waals surface area contributed by atoms with Crippen LogP contribution in [0.5, 0.6) is 0 Å². The lowest BCUT2D eigenvalue weighted by molar-refractivity contribution is -0.120. The Labute approximate surface area is 142 Å². The van der Waals surface area contributed by atoms with Crippen LogP contribution in [0.3, 0.4) is 0 Å². The summed E-state index contributed by atoms with van der Waals surface area (Å²) in [6.07, 6.45) is 1.64. The molecule has 0 saturated carbocycles. The highest BCUT2D eigenvalue weighted by atomic mass is 35.5. The third-order valence-corrected chi connectivity index (χ3v) is 4.79. The van der Waals surface area contributed by atoms with Crippen LogP contribution in [-0.2, 0) is 4.79 Å². The minimum atomic E-state index is -0.351. The van der Waals surface area contributed by atoms with Crippen molar-refractivity contribution in [2.24, 2.45) is 0 Å². The van der Waals surface area contributed by atoms with E-state index in [1.165, 1.54) is 0 Å². The molecule has 2 atom stereocenters. The molecule has 2 aromatic carbocycles. The van der Waals surface area contributed by atoms with E-state index in [9.17, 15) is 4.79 Å². The van der Waals surface area contributed by atoms with Crippen LogP contribution in [0.1, 0.15) is 23.0 Å². The third kappa shape index (κ3) is 2.42. The van der Waals surface area contributed by atoms with Gasteiger partial charge in [0.2, 0.25) is 5.91 Å². The molecule has 1 saturated heterocycles. The van der Waals surface area contributed by atoms with Gasteiger partial charge in [0, 0.05) is 5.02 Å². The van der Waals surface area contributed by atoms with Gasteiger partial charge in [-0.3, -0.25) is 4.79 Å². The summed E-state index contributed by atoms with van der Waals surface area (Å²) in [5.74, 6) is -0.611. The number of aromatic amines is 1. The van der Waals surface area contributed by atoms with Crippen LogP contribution in [0.15, 0.2) is 48.8 Å². The van der Waals surface area contributed by atoms with E-state index < -0.39 is 0 Å². The van der Waals surface area contributed by atoms with Crippen LogP contribution in [0.2, 0.25) is 5.02 Å². The van der Waals surface area contributed by atoms with Gasteiger partial charge in [-0.1, -0.05) is 42.0 Å². The number of nitrogens with zero attached hydrogens (tertiary/aromatic N) is 1. The lowest BCUT2D eigenvalue weighted by atomic mass is 9.83.